The first-order valence-electron chi connectivity index (χ1n) is 7.10. The Kier molecular flexibility index (Phi) is 8.05. The highest BCUT2D eigenvalue weighted by atomic mass is 127. The molecule has 6 nitrogen and oxygen atoms in total. The van der Waals surface area contributed by atoms with E-state index in [1.807, 2.05) is 36.4 Å². The zero-order valence-electron chi connectivity index (χ0n) is 13.5. The molecule has 1 N–H and O–H groups in total. The molecule has 7 heteroatoms. The Balaban J connectivity index is 3.12. The monoisotopic (exact) mass is 426 g/mol. The molecule has 0 bridgehead atoms. The van der Waals surface area contributed by atoms with E-state index in [-0.39, 0.29) is 17.2 Å². The van der Waals surface area contributed by atoms with E-state index in [0.717, 1.165) is 0 Å². The number of benzene rings is 1. The molecule has 22 heavy (non-hydrogen) atoms. The van der Waals surface area contributed by atoms with Crippen LogP contribution in [0.25, 0.3) is 0 Å². The molecule has 0 fully saturated rings. The zero-order valence-corrected chi connectivity index (χ0v) is 15.7. The van der Waals surface area contributed by atoms with Gasteiger partial charge in [0.25, 0.3) is 0 Å². The quantitative estimate of drug-likeness (QED) is 0.482. The topological polar surface area (TPSA) is 66.4 Å². The Morgan fingerprint density at radius 1 is 1.05 bits per heavy atom. The lowest BCUT2D eigenvalue weighted by molar-refractivity contribution is -0.0668. The summed E-state index contributed by atoms with van der Waals surface area (Å²) in [7, 11) is 1.47. The fourth-order valence-corrected chi connectivity index (χ4v) is 2.48. The van der Waals surface area contributed by atoms with Crippen LogP contribution < -0.4 is 14.2 Å². The van der Waals surface area contributed by atoms with E-state index in [0.29, 0.717) is 22.5 Å². The van der Waals surface area contributed by atoms with E-state index in [2.05, 4.69) is 0 Å². The summed E-state index contributed by atoms with van der Waals surface area (Å²) in [6.07, 6.45) is -0.932. The predicted octanol–water partition coefficient (Wildman–Crippen LogP) is 3.53. The van der Waals surface area contributed by atoms with Crippen LogP contribution in [-0.2, 0) is 9.47 Å². The van der Waals surface area contributed by atoms with E-state index < -0.39 is 12.6 Å². The molecule has 0 spiro atoms. The molecule has 1 aromatic carbocycles. The van der Waals surface area contributed by atoms with Crippen LogP contribution in [0.15, 0.2) is 6.07 Å². The minimum atomic E-state index is -0.506. The third-order valence-corrected chi connectivity index (χ3v) is 3.75. The van der Waals surface area contributed by atoms with E-state index in [4.69, 9.17) is 23.7 Å². The minimum absolute atomic E-state index is 0.0881. The lowest BCUT2D eigenvalue weighted by atomic mass is 10.2. The molecule has 1 rings (SSSR count). The van der Waals surface area contributed by atoms with Crippen molar-refractivity contribution in [2.24, 2.45) is 0 Å². The Hall–Kier alpha value is -0.930. The predicted molar refractivity (Wildman–Crippen MR) is 90.8 cm³/mol. The van der Waals surface area contributed by atoms with Crippen molar-refractivity contribution < 1.29 is 28.8 Å². The zero-order chi connectivity index (χ0) is 16.7. The SMILES string of the molecule is CCOC(C)Oc1cc(OC)c(O)c(OC(C)OCC)c1I. The lowest BCUT2D eigenvalue weighted by Gasteiger charge is -2.21. The first-order chi connectivity index (χ1) is 10.4. The van der Waals surface area contributed by atoms with Gasteiger partial charge in [-0.1, -0.05) is 0 Å². The minimum Gasteiger partial charge on any atom is -0.502 e. The molecule has 0 aromatic heterocycles. The summed E-state index contributed by atoms with van der Waals surface area (Å²) < 4.78 is 27.9. The molecule has 0 radical (unpaired) electrons. The number of hydrogen-bond donors (Lipinski definition) is 1. The number of methoxy groups -OCH3 is 1. The van der Waals surface area contributed by atoms with Crippen LogP contribution in [0.2, 0.25) is 0 Å². The second-order valence-corrected chi connectivity index (χ2v) is 5.43. The van der Waals surface area contributed by atoms with E-state index in [1.54, 1.807) is 19.9 Å². The standard InChI is InChI=1S/C15H23IO6/c1-6-19-9(3)21-11-8-12(18-5)14(17)15(13(11)16)22-10(4)20-7-2/h8-10,17H,6-7H2,1-5H3. The van der Waals surface area contributed by atoms with Crippen molar-refractivity contribution in [3.8, 4) is 23.0 Å². The van der Waals surface area contributed by atoms with Gasteiger partial charge < -0.3 is 28.8 Å². The fraction of sp³-hybridized carbons (Fsp3) is 0.600. The number of phenols is 1. The summed E-state index contributed by atoms with van der Waals surface area (Å²) in [6.45, 7) is 8.35. The van der Waals surface area contributed by atoms with Gasteiger partial charge in [-0.3, -0.25) is 0 Å². The largest absolute Gasteiger partial charge is 0.502 e. The van der Waals surface area contributed by atoms with Crippen LogP contribution in [0.5, 0.6) is 23.0 Å². The fourth-order valence-electron chi connectivity index (χ4n) is 1.81. The van der Waals surface area contributed by atoms with E-state index in [1.165, 1.54) is 7.11 Å². The molecular formula is C15H23IO6. The van der Waals surface area contributed by atoms with E-state index >= 15 is 0 Å². The molecule has 0 saturated heterocycles. The van der Waals surface area contributed by atoms with Crippen LogP contribution in [0.4, 0.5) is 0 Å². The molecule has 0 aliphatic rings. The summed E-state index contributed by atoms with van der Waals surface area (Å²) in [6, 6.07) is 1.60. The molecule has 2 unspecified atom stereocenters. The summed E-state index contributed by atoms with van der Waals surface area (Å²) in [5.74, 6) is 0.946. The lowest BCUT2D eigenvalue weighted by Crippen LogP contribution is -2.19. The van der Waals surface area contributed by atoms with Gasteiger partial charge in [-0.05, 0) is 50.3 Å². The van der Waals surface area contributed by atoms with Gasteiger partial charge in [0.05, 0.1) is 7.11 Å². The van der Waals surface area contributed by atoms with Crippen LogP contribution in [0, 0.1) is 3.57 Å². The average molecular weight is 426 g/mol. The molecule has 0 aliphatic carbocycles. The second-order valence-electron chi connectivity index (χ2n) is 4.35. The Morgan fingerprint density at radius 2 is 1.59 bits per heavy atom. The average Bonchev–Trinajstić information content (AvgIpc) is 2.47. The Morgan fingerprint density at radius 3 is 2.09 bits per heavy atom. The molecular weight excluding hydrogens is 403 g/mol. The summed E-state index contributed by atoms with van der Waals surface area (Å²) in [5, 5.41) is 10.3. The maximum atomic E-state index is 10.3. The molecule has 0 amide bonds. The number of hydrogen-bond acceptors (Lipinski definition) is 6. The maximum absolute atomic E-state index is 10.3. The van der Waals surface area contributed by atoms with Crippen molar-refractivity contribution in [1.82, 2.24) is 0 Å². The van der Waals surface area contributed by atoms with Gasteiger partial charge in [-0.25, -0.2) is 0 Å². The van der Waals surface area contributed by atoms with Gasteiger partial charge in [0.15, 0.2) is 24.1 Å². The smallest absolute Gasteiger partial charge is 0.202 e. The van der Waals surface area contributed by atoms with Gasteiger partial charge in [0.1, 0.15) is 9.32 Å². The number of aromatic hydroxyl groups is 1. The highest BCUT2D eigenvalue weighted by Crippen LogP contribution is 2.45. The molecule has 0 saturated carbocycles. The number of halogens is 1. The summed E-state index contributed by atoms with van der Waals surface area (Å²) in [5.41, 5.74) is 0. The third-order valence-electron chi connectivity index (χ3n) is 2.73. The van der Waals surface area contributed by atoms with Gasteiger partial charge in [-0.15, -0.1) is 0 Å². The molecule has 126 valence electrons. The third kappa shape index (κ3) is 5.06. The number of phenolic OH excluding ortho intramolecular Hbond substituents is 1. The van der Waals surface area contributed by atoms with Gasteiger partial charge in [0, 0.05) is 19.3 Å². The highest BCUT2D eigenvalue weighted by Gasteiger charge is 2.22. The van der Waals surface area contributed by atoms with Crippen molar-refractivity contribution in [1.29, 1.82) is 0 Å². The van der Waals surface area contributed by atoms with Crippen molar-refractivity contribution in [3.05, 3.63) is 9.64 Å². The van der Waals surface area contributed by atoms with Gasteiger partial charge in [-0.2, -0.15) is 0 Å². The van der Waals surface area contributed by atoms with Crippen LogP contribution in [0.1, 0.15) is 27.7 Å². The Bertz CT molecular complexity index is 480. The first-order valence-corrected chi connectivity index (χ1v) is 8.18. The first kappa shape index (κ1) is 19.1. The molecule has 1 aromatic rings. The van der Waals surface area contributed by atoms with Crippen LogP contribution in [-0.4, -0.2) is 38.0 Å². The van der Waals surface area contributed by atoms with Gasteiger partial charge in [0.2, 0.25) is 5.75 Å². The maximum Gasteiger partial charge on any atom is 0.202 e. The summed E-state index contributed by atoms with van der Waals surface area (Å²) >= 11 is 2.05. The molecule has 2 atom stereocenters. The van der Waals surface area contributed by atoms with E-state index in [9.17, 15) is 5.11 Å². The second kappa shape index (κ2) is 9.26. The molecule has 0 aliphatic heterocycles. The van der Waals surface area contributed by atoms with Crippen LogP contribution in [0.3, 0.4) is 0 Å². The van der Waals surface area contributed by atoms with Gasteiger partial charge >= 0.3 is 0 Å². The van der Waals surface area contributed by atoms with Crippen molar-refractivity contribution in [3.63, 3.8) is 0 Å². The Labute approximate surface area is 144 Å². The highest BCUT2D eigenvalue weighted by molar-refractivity contribution is 14.1. The van der Waals surface area contributed by atoms with Crippen molar-refractivity contribution in [2.45, 2.75) is 40.3 Å². The normalized spacial score (nSPS) is 13.5. The van der Waals surface area contributed by atoms with Crippen LogP contribution >= 0.6 is 22.6 Å². The summed E-state index contributed by atoms with van der Waals surface area (Å²) in [4.78, 5) is 0. The molecule has 0 heterocycles. The number of ether oxygens (including phenoxy) is 5. The van der Waals surface area contributed by atoms with Crippen molar-refractivity contribution in [2.75, 3.05) is 20.3 Å². The number of rotatable bonds is 9. The van der Waals surface area contributed by atoms with Crippen molar-refractivity contribution >= 4 is 22.6 Å².